The number of carboxylic acids is 1. The van der Waals surface area contributed by atoms with Gasteiger partial charge in [-0.15, -0.1) is 0 Å². The zero-order valence-corrected chi connectivity index (χ0v) is 10.8. The molecule has 18 heavy (non-hydrogen) atoms. The zero-order chi connectivity index (χ0) is 13.7. The van der Waals surface area contributed by atoms with Crippen LogP contribution < -0.4 is 0 Å². The number of aliphatic hydroxyl groups excluding tert-OH is 1. The van der Waals surface area contributed by atoms with Crippen molar-refractivity contribution in [2.24, 2.45) is 0 Å². The quantitative estimate of drug-likeness (QED) is 0.636. The van der Waals surface area contributed by atoms with Crippen LogP contribution in [0.3, 0.4) is 0 Å². The lowest BCUT2D eigenvalue weighted by atomic mass is 9.95. The Balaban J connectivity index is 3.32. The van der Waals surface area contributed by atoms with Crippen LogP contribution in [0.1, 0.15) is 34.0 Å². The second kappa shape index (κ2) is 6.28. The number of hydrogen-bond donors (Lipinski definition) is 2. The second-order valence-corrected chi connectivity index (χ2v) is 4.28. The van der Waals surface area contributed by atoms with Gasteiger partial charge < -0.3 is 10.2 Å². The number of halogens is 1. The lowest BCUT2D eigenvalue weighted by Gasteiger charge is -2.10. The molecular formula is C12H10BrNO4. The van der Waals surface area contributed by atoms with Crippen LogP contribution in [0.25, 0.3) is 0 Å². The van der Waals surface area contributed by atoms with Crippen LogP contribution >= 0.6 is 15.9 Å². The Kier molecular flexibility index (Phi) is 5.01. The number of ketones is 1. The summed E-state index contributed by atoms with van der Waals surface area (Å²) < 4.78 is 0. The minimum Gasteiger partial charge on any atom is -0.479 e. The Morgan fingerprint density at radius 3 is 2.61 bits per heavy atom. The smallest absolute Gasteiger partial charge is 0.337 e. The van der Waals surface area contributed by atoms with Gasteiger partial charge in [0.1, 0.15) is 6.07 Å². The van der Waals surface area contributed by atoms with E-state index >= 15 is 0 Å². The van der Waals surface area contributed by atoms with Gasteiger partial charge in [-0.25, -0.2) is 4.79 Å². The summed E-state index contributed by atoms with van der Waals surface area (Å²) in [5, 5.41) is 27.7. The fourth-order valence-electron chi connectivity index (χ4n) is 1.51. The Labute approximate surface area is 112 Å². The topological polar surface area (TPSA) is 98.4 Å². The normalized spacial score (nSPS) is 11.6. The van der Waals surface area contributed by atoms with E-state index in [1.807, 2.05) is 0 Å². The summed E-state index contributed by atoms with van der Waals surface area (Å²) >= 11 is 3.12. The zero-order valence-electron chi connectivity index (χ0n) is 9.26. The van der Waals surface area contributed by atoms with Gasteiger partial charge in [-0.05, 0) is 0 Å². The third kappa shape index (κ3) is 2.94. The molecule has 1 rings (SSSR count). The molecule has 0 saturated carbocycles. The van der Waals surface area contributed by atoms with Gasteiger partial charge >= 0.3 is 5.97 Å². The molecule has 0 aliphatic carbocycles. The van der Waals surface area contributed by atoms with Gasteiger partial charge in [0.15, 0.2) is 11.9 Å². The Morgan fingerprint density at radius 2 is 2.11 bits per heavy atom. The highest BCUT2D eigenvalue weighted by Crippen LogP contribution is 2.22. The molecule has 1 unspecified atom stereocenters. The van der Waals surface area contributed by atoms with E-state index in [0.717, 1.165) is 0 Å². The predicted molar refractivity (Wildman–Crippen MR) is 66.5 cm³/mol. The van der Waals surface area contributed by atoms with E-state index in [-0.39, 0.29) is 28.9 Å². The molecule has 0 spiro atoms. The molecule has 0 aliphatic heterocycles. The lowest BCUT2D eigenvalue weighted by Crippen LogP contribution is -2.14. The van der Waals surface area contributed by atoms with Crippen LogP contribution in [0, 0.1) is 11.3 Å². The number of alkyl halides is 1. The Morgan fingerprint density at radius 1 is 1.44 bits per heavy atom. The maximum absolute atomic E-state index is 11.8. The fourth-order valence-corrected chi connectivity index (χ4v) is 1.87. The van der Waals surface area contributed by atoms with Crippen LogP contribution in [0.4, 0.5) is 0 Å². The summed E-state index contributed by atoms with van der Waals surface area (Å²) in [6.07, 6.45) is -1.61. The first-order valence-corrected chi connectivity index (χ1v) is 6.18. The molecule has 0 saturated heterocycles. The summed E-state index contributed by atoms with van der Waals surface area (Å²) in [7, 11) is 0. The number of hydrogen-bond acceptors (Lipinski definition) is 4. The standard InChI is InChI=1S/C12H10BrNO4/c13-5-4-10(15)7-2-1-3-8(9(7)6-14)11(16)12(17)18/h1-3,11,16H,4-5H2,(H,17,18). The maximum atomic E-state index is 11.8. The highest BCUT2D eigenvalue weighted by Gasteiger charge is 2.23. The SMILES string of the molecule is N#Cc1c(C(=O)CCBr)cccc1C(O)C(=O)O. The number of carbonyl (C=O) groups excluding carboxylic acids is 1. The van der Waals surface area contributed by atoms with Crippen LogP contribution in [-0.4, -0.2) is 27.3 Å². The van der Waals surface area contributed by atoms with Crippen molar-refractivity contribution in [2.75, 3.05) is 5.33 Å². The molecule has 0 amide bonds. The van der Waals surface area contributed by atoms with E-state index in [9.17, 15) is 14.7 Å². The average molecular weight is 312 g/mol. The summed E-state index contributed by atoms with van der Waals surface area (Å²) in [6.45, 7) is 0. The first kappa shape index (κ1) is 14.4. The van der Waals surface area contributed by atoms with Crippen molar-refractivity contribution >= 4 is 27.7 Å². The first-order valence-electron chi connectivity index (χ1n) is 5.06. The molecule has 94 valence electrons. The molecule has 6 heteroatoms. The van der Waals surface area contributed by atoms with Gasteiger partial charge in [-0.2, -0.15) is 5.26 Å². The number of Topliss-reactive ketones (excluding diaryl/α,β-unsaturated/α-hetero) is 1. The number of aliphatic carboxylic acids is 1. The molecule has 0 bridgehead atoms. The van der Waals surface area contributed by atoms with Crippen molar-refractivity contribution in [1.82, 2.24) is 0 Å². The van der Waals surface area contributed by atoms with Crippen molar-refractivity contribution < 1.29 is 19.8 Å². The van der Waals surface area contributed by atoms with E-state index in [4.69, 9.17) is 10.4 Å². The van der Waals surface area contributed by atoms with Crippen molar-refractivity contribution in [3.8, 4) is 6.07 Å². The summed E-state index contributed by atoms with van der Waals surface area (Å²) in [5.74, 6) is -1.74. The fraction of sp³-hybridized carbons (Fsp3) is 0.250. The van der Waals surface area contributed by atoms with Gasteiger partial charge in [-0.1, -0.05) is 34.1 Å². The van der Waals surface area contributed by atoms with Crippen LogP contribution in [-0.2, 0) is 4.79 Å². The Bertz CT molecular complexity index is 521. The predicted octanol–water partition coefficient (Wildman–Crippen LogP) is 1.64. The van der Waals surface area contributed by atoms with Gasteiger partial charge in [0.2, 0.25) is 0 Å². The van der Waals surface area contributed by atoms with Gasteiger partial charge in [0, 0.05) is 22.9 Å². The minimum absolute atomic E-state index is 0.0644. The Hall–Kier alpha value is -1.71. The minimum atomic E-state index is -1.81. The first-order chi connectivity index (χ1) is 8.52. The number of aliphatic hydroxyl groups is 1. The van der Waals surface area contributed by atoms with Crippen molar-refractivity contribution in [3.63, 3.8) is 0 Å². The largest absolute Gasteiger partial charge is 0.479 e. The van der Waals surface area contributed by atoms with E-state index in [2.05, 4.69) is 15.9 Å². The van der Waals surface area contributed by atoms with Crippen molar-refractivity contribution in [2.45, 2.75) is 12.5 Å². The molecule has 0 heterocycles. The van der Waals surface area contributed by atoms with E-state index in [1.165, 1.54) is 18.2 Å². The number of carboxylic acid groups (broad SMARTS) is 1. The third-order valence-corrected chi connectivity index (χ3v) is 2.76. The van der Waals surface area contributed by atoms with Crippen molar-refractivity contribution in [3.05, 3.63) is 34.9 Å². The number of carbonyl (C=O) groups is 2. The molecule has 5 nitrogen and oxygen atoms in total. The molecule has 0 aliphatic rings. The van der Waals surface area contributed by atoms with Gasteiger partial charge in [-0.3, -0.25) is 4.79 Å². The highest BCUT2D eigenvalue weighted by atomic mass is 79.9. The number of rotatable bonds is 5. The van der Waals surface area contributed by atoms with Crippen LogP contribution in [0.5, 0.6) is 0 Å². The van der Waals surface area contributed by atoms with E-state index < -0.39 is 12.1 Å². The summed E-state index contributed by atoms with van der Waals surface area (Å²) in [6, 6.07) is 6.00. The molecular weight excluding hydrogens is 302 g/mol. The number of benzene rings is 1. The molecule has 0 radical (unpaired) electrons. The van der Waals surface area contributed by atoms with E-state index in [0.29, 0.717) is 5.33 Å². The molecule has 0 aromatic heterocycles. The maximum Gasteiger partial charge on any atom is 0.337 e. The average Bonchev–Trinajstić information content (AvgIpc) is 2.36. The van der Waals surface area contributed by atoms with Crippen LogP contribution in [0.15, 0.2) is 18.2 Å². The summed E-state index contributed by atoms with van der Waals surface area (Å²) in [4.78, 5) is 22.5. The molecule has 1 aromatic carbocycles. The summed E-state index contributed by atoms with van der Waals surface area (Å²) in [5.41, 5.74) is -0.0153. The van der Waals surface area contributed by atoms with Gasteiger partial charge in [0.05, 0.1) is 5.56 Å². The van der Waals surface area contributed by atoms with Crippen LogP contribution in [0.2, 0.25) is 0 Å². The van der Waals surface area contributed by atoms with Gasteiger partial charge in [0.25, 0.3) is 0 Å². The molecule has 1 atom stereocenters. The monoisotopic (exact) mass is 311 g/mol. The second-order valence-electron chi connectivity index (χ2n) is 3.48. The molecule has 1 aromatic rings. The van der Waals surface area contributed by atoms with E-state index in [1.54, 1.807) is 6.07 Å². The lowest BCUT2D eigenvalue weighted by molar-refractivity contribution is -0.146. The number of nitrogens with zero attached hydrogens (tertiary/aromatic N) is 1. The number of nitriles is 1. The molecule has 2 N–H and O–H groups in total. The highest BCUT2D eigenvalue weighted by molar-refractivity contribution is 9.09. The third-order valence-electron chi connectivity index (χ3n) is 2.36. The van der Waals surface area contributed by atoms with Crippen molar-refractivity contribution in [1.29, 1.82) is 5.26 Å². The molecule has 0 fully saturated rings.